The van der Waals surface area contributed by atoms with Gasteiger partial charge in [0, 0.05) is 31.2 Å². The summed E-state index contributed by atoms with van der Waals surface area (Å²) in [5.74, 6) is 0.388. The van der Waals surface area contributed by atoms with Gasteiger partial charge in [-0.3, -0.25) is 4.90 Å². The highest BCUT2D eigenvalue weighted by Gasteiger charge is 2.58. The van der Waals surface area contributed by atoms with Crippen molar-refractivity contribution in [1.29, 1.82) is 5.26 Å². The van der Waals surface area contributed by atoms with Crippen molar-refractivity contribution >= 4 is 11.7 Å². The molecule has 0 radical (unpaired) electrons. The highest BCUT2D eigenvalue weighted by Crippen LogP contribution is 2.63. The molecule has 1 unspecified atom stereocenters. The third-order valence-electron chi connectivity index (χ3n) is 8.38. The molecule has 2 aliphatic rings. The number of nitrogens with zero attached hydrogens (tertiary/aromatic N) is 3. The smallest absolute Gasteiger partial charge is 0.320 e. The summed E-state index contributed by atoms with van der Waals surface area (Å²) in [6, 6.07) is 15.2. The number of hydrogen-bond acceptors (Lipinski definition) is 3. The Kier molecular flexibility index (Phi) is 8.08. The van der Waals surface area contributed by atoms with Crippen LogP contribution in [-0.4, -0.2) is 47.0 Å². The van der Waals surface area contributed by atoms with Gasteiger partial charge in [-0.15, -0.1) is 0 Å². The maximum atomic E-state index is 13.6. The van der Waals surface area contributed by atoms with Crippen LogP contribution in [0.2, 0.25) is 0 Å². The monoisotopic (exact) mass is 526 g/mol. The average molecular weight is 527 g/mol. The Labute approximate surface area is 223 Å². The second kappa shape index (κ2) is 11.0. The molecule has 0 bridgehead atoms. The fourth-order valence-corrected chi connectivity index (χ4v) is 6.36. The van der Waals surface area contributed by atoms with Crippen molar-refractivity contribution < 1.29 is 18.0 Å². The van der Waals surface area contributed by atoms with Crippen LogP contribution in [0.25, 0.3) is 0 Å². The van der Waals surface area contributed by atoms with Gasteiger partial charge in [-0.1, -0.05) is 24.3 Å². The summed E-state index contributed by atoms with van der Waals surface area (Å²) >= 11 is 0. The highest BCUT2D eigenvalue weighted by molar-refractivity contribution is 5.90. The van der Waals surface area contributed by atoms with Crippen LogP contribution in [0, 0.1) is 17.2 Å². The molecule has 2 amide bonds. The third kappa shape index (κ3) is 5.83. The number of urea groups is 1. The van der Waals surface area contributed by atoms with Crippen molar-refractivity contribution in [2.24, 2.45) is 5.92 Å². The summed E-state index contributed by atoms with van der Waals surface area (Å²) in [5, 5.41) is 11.9. The minimum Gasteiger partial charge on any atom is -0.320 e. The SMILES string of the molecule is CC(C)N(CCN(C(=O)Nc1ccccc1C(F)(F)F)[C@@H]1CC[C@]2(c3cccc(C#N)c3)CC2C1)C(C)C. The van der Waals surface area contributed by atoms with E-state index in [2.05, 4.69) is 50.0 Å². The minimum atomic E-state index is -4.56. The van der Waals surface area contributed by atoms with Gasteiger partial charge < -0.3 is 10.2 Å². The van der Waals surface area contributed by atoms with E-state index in [4.69, 9.17) is 0 Å². The van der Waals surface area contributed by atoms with Crippen LogP contribution < -0.4 is 5.32 Å². The molecular formula is C30H37F3N4O. The number of rotatable bonds is 8. The van der Waals surface area contributed by atoms with E-state index in [-0.39, 0.29) is 29.2 Å². The largest absolute Gasteiger partial charge is 0.418 e. The molecule has 2 aromatic carbocycles. The lowest BCUT2D eigenvalue weighted by atomic mass is 9.80. The van der Waals surface area contributed by atoms with E-state index in [0.29, 0.717) is 24.6 Å². The van der Waals surface area contributed by atoms with Gasteiger partial charge >= 0.3 is 12.2 Å². The van der Waals surface area contributed by atoms with Crippen molar-refractivity contribution in [3.63, 3.8) is 0 Å². The minimum absolute atomic E-state index is 0.0380. The Balaban J connectivity index is 1.55. The molecule has 3 atom stereocenters. The molecule has 0 heterocycles. The Bertz CT molecular complexity index is 1180. The number of carbonyl (C=O) groups is 1. The van der Waals surface area contributed by atoms with Gasteiger partial charge in [-0.2, -0.15) is 18.4 Å². The lowest BCUT2D eigenvalue weighted by Crippen LogP contribution is -2.50. The van der Waals surface area contributed by atoms with Crippen LogP contribution in [0.4, 0.5) is 23.7 Å². The molecule has 2 saturated carbocycles. The van der Waals surface area contributed by atoms with E-state index in [1.807, 2.05) is 18.2 Å². The Morgan fingerprint density at radius 3 is 2.45 bits per heavy atom. The van der Waals surface area contributed by atoms with Gasteiger partial charge in [0.1, 0.15) is 0 Å². The first-order chi connectivity index (χ1) is 18.0. The molecule has 0 aliphatic heterocycles. The van der Waals surface area contributed by atoms with Crippen molar-refractivity contribution in [1.82, 2.24) is 9.80 Å². The van der Waals surface area contributed by atoms with Gasteiger partial charge in [0.25, 0.3) is 0 Å². The molecule has 8 heteroatoms. The van der Waals surface area contributed by atoms with E-state index in [0.717, 1.165) is 31.7 Å². The fourth-order valence-electron chi connectivity index (χ4n) is 6.36. The molecule has 0 aromatic heterocycles. The molecular weight excluding hydrogens is 489 g/mol. The summed E-state index contributed by atoms with van der Waals surface area (Å²) in [6.45, 7) is 9.51. The zero-order valence-electron chi connectivity index (χ0n) is 22.6. The zero-order chi connectivity index (χ0) is 27.7. The Morgan fingerprint density at radius 1 is 1.11 bits per heavy atom. The van der Waals surface area contributed by atoms with E-state index in [1.54, 1.807) is 4.90 Å². The first-order valence-corrected chi connectivity index (χ1v) is 13.5. The number of fused-ring (bicyclic) bond motifs is 1. The Hall–Kier alpha value is -3.05. The lowest BCUT2D eigenvalue weighted by Gasteiger charge is -2.39. The van der Waals surface area contributed by atoms with E-state index >= 15 is 0 Å². The van der Waals surface area contributed by atoms with Crippen LogP contribution >= 0.6 is 0 Å². The number of para-hydroxylation sites is 1. The summed E-state index contributed by atoms with van der Waals surface area (Å²) in [5.41, 5.74) is 0.805. The van der Waals surface area contributed by atoms with Gasteiger partial charge in [-0.25, -0.2) is 4.79 Å². The molecule has 5 nitrogen and oxygen atoms in total. The lowest BCUT2D eigenvalue weighted by molar-refractivity contribution is -0.136. The second-order valence-corrected chi connectivity index (χ2v) is 11.3. The van der Waals surface area contributed by atoms with Crippen LogP contribution in [0.15, 0.2) is 48.5 Å². The second-order valence-electron chi connectivity index (χ2n) is 11.3. The first kappa shape index (κ1) is 28.0. The number of nitriles is 1. The van der Waals surface area contributed by atoms with Crippen LogP contribution in [0.5, 0.6) is 0 Å². The molecule has 0 spiro atoms. The Morgan fingerprint density at radius 2 is 1.82 bits per heavy atom. The summed E-state index contributed by atoms with van der Waals surface area (Å²) < 4.78 is 40.8. The van der Waals surface area contributed by atoms with Crippen LogP contribution in [0.1, 0.15) is 70.1 Å². The van der Waals surface area contributed by atoms with Gasteiger partial charge in [0.15, 0.2) is 0 Å². The zero-order valence-corrected chi connectivity index (χ0v) is 22.6. The van der Waals surface area contributed by atoms with Crippen LogP contribution in [-0.2, 0) is 11.6 Å². The van der Waals surface area contributed by atoms with E-state index in [1.165, 1.54) is 23.8 Å². The van der Waals surface area contributed by atoms with Crippen LogP contribution in [0.3, 0.4) is 0 Å². The summed E-state index contributed by atoms with van der Waals surface area (Å²) in [6.07, 6.45) is -1.09. The van der Waals surface area contributed by atoms with Crippen molar-refractivity contribution in [3.8, 4) is 6.07 Å². The van der Waals surface area contributed by atoms with Gasteiger partial charge in [0.2, 0.25) is 0 Å². The standard InChI is InChI=1S/C30H37F3N4O/c1-20(2)36(21(3)4)14-15-37(28(38)35-27-11-6-5-10-26(27)30(31,32)33)25-12-13-29(18-24(29)17-25)23-9-7-8-22(16-23)19-34/h5-11,16,20-21,24-25H,12-15,17-18H2,1-4H3,(H,35,38)/t24?,25-,29-/m1/s1. The summed E-state index contributed by atoms with van der Waals surface area (Å²) in [7, 11) is 0. The number of carbonyl (C=O) groups excluding carboxylic acids is 1. The molecule has 2 aromatic rings. The van der Waals surface area contributed by atoms with E-state index < -0.39 is 17.8 Å². The molecule has 204 valence electrons. The quantitative estimate of drug-likeness (QED) is 0.401. The van der Waals surface area contributed by atoms with E-state index in [9.17, 15) is 23.2 Å². The van der Waals surface area contributed by atoms with Gasteiger partial charge in [0.05, 0.1) is 22.9 Å². The number of benzene rings is 2. The highest BCUT2D eigenvalue weighted by atomic mass is 19.4. The molecule has 2 aliphatic carbocycles. The molecule has 4 rings (SSSR count). The van der Waals surface area contributed by atoms with Crippen molar-refractivity contribution in [3.05, 3.63) is 65.2 Å². The first-order valence-electron chi connectivity index (χ1n) is 13.5. The predicted octanol–water partition coefficient (Wildman–Crippen LogP) is 7.04. The predicted molar refractivity (Wildman–Crippen MR) is 143 cm³/mol. The number of halogens is 3. The normalized spacial score (nSPS) is 22.8. The third-order valence-corrected chi connectivity index (χ3v) is 8.38. The number of nitrogens with one attached hydrogen (secondary N) is 1. The fraction of sp³-hybridized carbons (Fsp3) is 0.533. The molecule has 2 fully saturated rings. The summed E-state index contributed by atoms with van der Waals surface area (Å²) in [4.78, 5) is 17.6. The molecule has 1 N–H and O–H groups in total. The number of hydrogen-bond donors (Lipinski definition) is 1. The van der Waals surface area contributed by atoms with Crippen molar-refractivity contribution in [2.75, 3.05) is 18.4 Å². The number of alkyl halides is 3. The van der Waals surface area contributed by atoms with Crippen molar-refractivity contribution in [2.45, 2.75) is 83.1 Å². The number of amides is 2. The molecule has 38 heavy (non-hydrogen) atoms. The maximum absolute atomic E-state index is 13.6. The number of anilines is 1. The molecule has 0 saturated heterocycles. The average Bonchev–Trinajstić information content (AvgIpc) is 3.61. The maximum Gasteiger partial charge on any atom is 0.418 e. The topological polar surface area (TPSA) is 59.4 Å². The van der Waals surface area contributed by atoms with Gasteiger partial charge in [-0.05, 0) is 94.5 Å².